The highest BCUT2D eigenvalue weighted by atomic mass is 35.5. The molecule has 0 aliphatic rings. The van der Waals surface area contributed by atoms with Gasteiger partial charge < -0.3 is 10.4 Å². The number of thiazole rings is 1. The van der Waals surface area contributed by atoms with Crippen molar-refractivity contribution >= 4 is 45.8 Å². The molecule has 6 nitrogen and oxygen atoms in total. The molecule has 0 bridgehead atoms. The molecule has 0 aliphatic heterocycles. The number of anilines is 2. The van der Waals surface area contributed by atoms with Crippen molar-refractivity contribution in [2.24, 2.45) is 0 Å². The third-order valence-corrected chi connectivity index (χ3v) is 3.27. The third kappa shape index (κ3) is 4.22. The number of carboxylic acid groups (broad SMARTS) is 1. The lowest BCUT2D eigenvalue weighted by atomic mass is 10.3. The van der Waals surface area contributed by atoms with Gasteiger partial charge in [0.2, 0.25) is 0 Å². The number of nitrogens with one attached hydrogen (secondary N) is 2. The van der Waals surface area contributed by atoms with Gasteiger partial charge in [0, 0.05) is 16.1 Å². The number of carboxylic acids is 1. The molecule has 104 valence electrons. The van der Waals surface area contributed by atoms with Crippen LogP contribution in [0.5, 0.6) is 0 Å². The van der Waals surface area contributed by atoms with Gasteiger partial charge in [0.1, 0.15) is 0 Å². The summed E-state index contributed by atoms with van der Waals surface area (Å²) >= 11 is 6.90. The van der Waals surface area contributed by atoms with E-state index in [4.69, 9.17) is 16.7 Å². The first kappa shape index (κ1) is 14.3. The molecule has 1 aromatic heterocycles. The van der Waals surface area contributed by atoms with Crippen LogP contribution in [0.2, 0.25) is 5.02 Å². The molecule has 1 heterocycles. The maximum Gasteiger partial charge on any atom is 0.325 e. The molecule has 2 aromatic rings. The van der Waals surface area contributed by atoms with Gasteiger partial charge in [0.25, 0.3) is 0 Å². The summed E-state index contributed by atoms with van der Waals surface area (Å²) in [6.45, 7) is 0. The van der Waals surface area contributed by atoms with E-state index < -0.39 is 12.0 Å². The van der Waals surface area contributed by atoms with Crippen molar-refractivity contribution in [2.75, 3.05) is 10.6 Å². The lowest BCUT2D eigenvalue weighted by Gasteiger charge is -2.05. The number of rotatable bonds is 4. The number of halogens is 1. The van der Waals surface area contributed by atoms with Crippen LogP contribution in [-0.4, -0.2) is 22.1 Å². The SMILES string of the molecule is O=C(O)Cc1csc(NC(=O)Nc2ccc(Cl)cc2)n1. The van der Waals surface area contributed by atoms with Crippen molar-refractivity contribution in [3.63, 3.8) is 0 Å². The second-order valence-electron chi connectivity index (χ2n) is 3.80. The minimum Gasteiger partial charge on any atom is -0.481 e. The van der Waals surface area contributed by atoms with Gasteiger partial charge in [-0.15, -0.1) is 11.3 Å². The Balaban J connectivity index is 1.92. The predicted octanol–water partition coefficient (Wildman–Crippen LogP) is 3.07. The molecule has 20 heavy (non-hydrogen) atoms. The molecule has 3 N–H and O–H groups in total. The molecule has 8 heteroatoms. The maximum atomic E-state index is 11.7. The van der Waals surface area contributed by atoms with Gasteiger partial charge in [0.05, 0.1) is 12.1 Å². The van der Waals surface area contributed by atoms with Gasteiger partial charge in [0.15, 0.2) is 5.13 Å². The zero-order chi connectivity index (χ0) is 14.5. The van der Waals surface area contributed by atoms with Crippen LogP contribution in [0.25, 0.3) is 0 Å². The van der Waals surface area contributed by atoms with Crippen LogP contribution in [0.15, 0.2) is 29.6 Å². The van der Waals surface area contributed by atoms with Crippen LogP contribution in [0.4, 0.5) is 15.6 Å². The summed E-state index contributed by atoms with van der Waals surface area (Å²) in [7, 11) is 0. The number of urea groups is 1. The Morgan fingerprint density at radius 1 is 1.25 bits per heavy atom. The summed E-state index contributed by atoms with van der Waals surface area (Å²) in [6, 6.07) is 6.19. The molecule has 0 unspecified atom stereocenters. The van der Waals surface area contributed by atoms with Gasteiger partial charge in [-0.2, -0.15) is 0 Å². The van der Waals surface area contributed by atoms with E-state index in [2.05, 4.69) is 15.6 Å². The summed E-state index contributed by atoms with van der Waals surface area (Å²) in [4.78, 5) is 26.2. The van der Waals surface area contributed by atoms with E-state index in [9.17, 15) is 9.59 Å². The number of benzene rings is 1. The first-order valence-electron chi connectivity index (χ1n) is 5.53. The summed E-state index contributed by atoms with van der Waals surface area (Å²) in [5, 5.41) is 16.3. The first-order chi connectivity index (χ1) is 9.52. The average Bonchev–Trinajstić information content (AvgIpc) is 2.78. The van der Waals surface area contributed by atoms with Gasteiger partial charge in [-0.3, -0.25) is 10.1 Å². The maximum absolute atomic E-state index is 11.7. The highest BCUT2D eigenvalue weighted by molar-refractivity contribution is 7.13. The molecular weight excluding hydrogens is 302 g/mol. The number of carbonyl (C=O) groups excluding carboxylic acids is 1. The van der Waals surface area contributed by atoms with Crippen molar-refractivity contribution < 1.29 is 14.7 Å². The number of hydrogen-bond donors (Lipinski definition) is 3. The second kappa shape index (κ2) is 6.36. The number of aromatic nitrogens is 1. The zero-order valence-corrected chi connectivity index (χ0v) is 11.7. The standard InChI is InChI=1S/C12H10ClN3O3S/c13-7-1-3-8(4-2-7)14-11(19)16-12-15-9(6-20-12)5-10(17)18/h1-4,6H,5H2,(H,17,18)(H2,14,15,16,19). The van der Waals surface area contributed by atoms with E-state index in [1.165, 1.54) is 11.3 Å². The summed E-state index contributed by atoms with van der Waals surface area (Å²) in [6.07, 6.45) is -0.170. The Hall–Kier alpha value is -2.12. The van der Waals surface area contributed by atoms with Crippen molar-refractivity contribution in [2.45, 2.75) is 6.42 Å². The van der Waals surface area contributed by atoms with E-state index in [-0.39, 0.29) is 6.42 Å². The fourth-order valence-corrected chi connectivity index (χ4v) is 2.22. The molecule has 0 spiro atoms. The lowest BCUT2D eigenvalue weighted by Crippen LogP contribution is -2.19. The van der Waals surface area contributed by atoms with E-state index >= 15 is 0 Å². The molecule has 0 fully saturated rings. The normalized spacial score (nSPS) is 10.1. The molecule has 2 rings (SSSR count). The van der Waals surface area contributed by atoms with Crippen molar-refractivity contribution in [3.05, 3.63) is 40.4 Å². The molecule has 0 saturated carbocycles. The van der Waals surface area contributed by atoms with E-state index in [1.54, 1.807) is 29.6 Å². The smallest absolute Gasteiger partial charge is 0.325 e. The quantitative estimate of drug-likeness (QED) is 0.809. The van der Waals surface area contributed by atoms with Crippen LogP contribution in [0.1, 0.15) is 5.69 Å². The van der Waals surface area contributed by atoms with Gasteiger partial charge in [-0.05, 0) is 24.3 Å². The zero-order valence-electron chi connectivity index (χ0n) is 10.1. The lowest BCUT2D eigenvalue weighted by molar-refractivity contribution is -0.136. The number of amides is 2. The monoisotopic (exact) mass is 311 g/mol. The third-order valence-electron chi connectivity index (χ3n) is 2.21. The summed E-state index contributed by atoms with van der Waals surface area (Å²) in [5.41, 5.74) is 0.999. The van der Waals surface area contributed by atoms with Gasteiger partial charge in [-0.1, -0.05) is 11.6 Å². The van der Waals surface area contributed by atoms with Crippen molar-refractivity contribution in [1.82, 2.24) is 4.98 Å². The largest absolute Gasteiger partial charge is 0.481 e. The van der Waals surface area contributed by atoms with Crippen LogP contribution in [0.3, 0.4) is 0 Å². The molecular formula is C12H10ClN3O3S. The van der Waals surface area contributed by atoms with Gasteiger partial charge >= 0.3 is 12.0 Å². The Morgan fingerprint density at radius 3 is 2.60 bits per heavy atom. The Bertz CT molecular complexity index is 627. The van der Waals surface area contributed by atoms with Crippen LogP contribution in [0, 0.1) is 0 Å². The van der Waals surface area contributed by atoms with Crippen LogP contribution < -0.4 is 10.6 Å². The summed E-state index contributed by atoms with van der Waals surface area (Å²) in [5.74, 6) is -0.965. The average molecular weight is 312 g/mol. The van der Waals surface area contributed by atoms with Crippen LogP contribution >= 0.6 is 22.9 Å². The number of hydrogen-bond acceptors (Lipinski definition) is 4. The van der Waals surface area contributed by atoms with E-state index in [0.717, 1.165) is 0 Å². The Kier molecular flexibility index (Phi) is 4.54. The highest BCUT2D eigenvalue weighted by Gasteiger charge is 2.09. The predicted molar refractivity (Wildman–Crippen MR) is 77.5 cm³/mol. The highest BCUT2D eigenvalue weighted by Crippen LogP contribution is 2.17. The topological polar surface area (TPSA) is 91.3 Å². The molecule has 1 aromatic carbocycles. The minimum absolute atomic E-state index is 0.170. The first-order valence-corrected chi connectivity index (χ1v) is 6.78. The fraction of sp³-hybridized carbons (Fsp3) is 0.0833. The molecule has 0 atom stereocenters. The minimum atomic E-state index is -0.965. The molecule has 0 radical (unpaired) electrons. The van der Waals surface area contributed by atoms with E-state index in [1.807, 2.05) is 0 Å². The summed E-state index contributed by atoms with van der Waals surface area (Å²) < 4.78 is 0. The number of carbonyl (C=O) groups is 2. The van der Waals surface area contributed by atoms with E-state index in [0.29, 0.717) is 21.5 Å². The van der Waals surface area contributed by atoms with Crippen LogP contribution in [-0.2, 0) is 11.2 Å². The van der Waals surface area contributed by atoms with Crippen molar-refractivity contribution in [1.29, 1.82) is 0 Å². The molecule has 0 aliphatic carbocycles. The number of nitrogens with zero attached hydrogens (tertiary/aromatic N) is 1. The fourth-order valence-electron chi connectivity index (χ4n) is 1.39. The number of aliphatic carboxylic acids is 1. The Labute approximate surface area is 123 Å². The van der Waals surface area contributed by atoms with Gasteiger partial charge in [-0.25, -0.2) is 9.78 Å². The Morgan fingerprint density at radius 2 is 1.95 bits per heavy atom. The second-order valence-corrected chi connectivity index (χ2v) is 5.10. The van der Waals surface area contributed by atoms with Crippen molar-refractivity contribution in [3.8, 4) is 0 Å². The molecule has 0 saturated heterocycles. The molecule has 2 amide bonds.